The minimum atomic E-state index is -0.435. The number of aromatic amines is 1. The number of nitrogens with zero attached hydrogens (tertiary/aromatic N) is 2. The summed E-state index contributed by atoms with van der Waals surface area (Å²) in [7, 11) is 0. The first-order valence-electron chi connectivity index (χ1n) is 6.90. The van der Waals surface area contributed by atoms with Crippen LogP contribution in [0, 0.1) is 18.3 Å². The van der Waals surface area contributed by atoms with Gasteiger partial charge in [-0.25, -0.2) is 4.98 Å². The van der Waals surface area contributed by atoms with Gasteiger partial charge in [0.2, 0.25) is 0 Å². The molecule has 1 heterocycles. The maximum absolute atomic E-state index is 11.3. The summed E-state index contributed by atoms with van der Waals surface area (Å²) in [6, 6.07) is 4.39. The molecule has 0 radical (unpaired) electrons. The van der Waals surface area contributed by atoms with E-state index >= 15 is 0 Å². The van der Waals surface area contributed by atoms with Gasteiger partial charge in [0.1, 0.15) is 5.54 Å². The lowest BCUT2D eigenvalue weighted by Crippen LogP contribution is -2.42. The molecule has 20 heavy (non-hydrogen) atoms. The van der Waals surface area contributed by atoms with E-state index in [0.717, 1.165) is 24.3 Å². The zero-order chi connectivity index (χ0) is 14.6. The molecule has 1 aromatic rings. The average molecular weight is 292 g/mol. The number of rotatable bonds is 7. The predicted octanol–water partition coefficient (Wildman–Crippen LogP) is 1.98. The van der Waals surface area contributed by atoms with Gasteiger partial charge in [-0.05, 0) is 39.5 Å². The second-order valence-electron chi connectivity index (χ2n) is 5.51. The van der Waals surface area contributed by atoms with Crippen LogP contribution in [0.5, 0.6) is 0 Å². The minimum Gasteiger partial charge on any atom is -0.301 e. The van der Waals surface area contributed by atoms with Gasteiger partial charge in [0.25, 0.3) is 5.56 Å². The summed E-state index contributed by atoms with van der Waals surface area (Å²) in [4.78, 5) is 18.3. The number of nitriles is 1. The van der Waals surface area contributed by atoms with Crippen LogP contribution in [0.1, 0.15) is 38.3 Å². The molecular weight excluding hydrogens is 272 g/mol. The van der Waals surface area contributed by atoms with Gasteiger partial charge in [0.15, 0.2) is 5.16 Å². The third-order valence-electron chi connectivity index (χ3n) is 3.25. The molecule has 108 valence electrons. The third kappa shape index (κ3) is 4.66. The molecule has 0 saturated heterocycles. The van der Waals surface area contributed by atoms with Crippen molar-refractivity contribution in [1.29, 1.82) is 5.26 Å². The molecule has 1 unspecified atom stereocenters. The number of aryl methyl sites for hydroxylation is 1. The standard InChI is InChI=1S/C14H20N4OS/c1-10-8-12(19)17-13(16-10)20-7-3-6-14(2,9-15)18-11-4-5-11/h8,11,18H,3-7H2,1-2H3,(H,16,17,19). The average Bonchev–Trinajstić information content (AvgIpc) is 3.17. The second-order valence-corrected chi connectivity index (χ2v) is 6.59. The van der Waals surface area contributed by atoms with Crippen LogP contribution in [-0.4, -0.2) is 27.3 Å². The highest BCUT2D eigenvalue weighted by Crippen LogP contribution is 2.25. The first-order chi connectivity index (χ1) is 9.50. The molecule has 1 fully saturated rings. The molecule has 1 aliphatic carbocycles. The Morgan fingerprint density at radius 1 is 1.65 bits per heavy atom. The number of hydrogen-bond donors (Lipinski definition) is 2. The molecule has 6 heteroatoms. The van der Waals surface area contributed by atoms with E-state index in [9.17, 15) is 10.1 Å². The molecule has 0 aliphatic heterocycles. The van der Waals surface area contributed by atoms with Gasteiger partial charge in [-0.2, -0.15) is 5.26 Å². The Kier molecular flexibility index (Phi) is 4.84. The Morgan fingerprint density at radius 3 is 3.00 bits per heavy atom. The highest BCUT2D eigenvalue weighted by molar-refractivity contribution is 7.99. The molecule has 1 aromatic heterocycles. The normalized spacial score (nSPS) is 17.4. The van der Waals surface area contributed by atoms with Crippen LogP contribution in [0.4, 0.5) is 0 Å². The van der Waals surface area contributed by atoms with Gasteiger partial charge in [0, 0.05) is 23.6 Å². The Morgan fingerprint density at radius 2 is 2.40 bits per heavy atom. The van der Waals surface area contributed by atoms with Gasteiger partial charge in [-0.1, -0.05) is 11.8 Å². The highest BCUT2D eigenvalue weighted by atomic mass is 32.2. The summed E-state index contributed by atoms with van der Waals surface area (Å²) < 4.78 is 0. The van der Waals surface area contributed by atoms with Crippen molar-refractivity contribution >= 4 is 11.8 Å². The van der Waals surface area contributed by atoms with Gasteiger partial charge in [0.05, 0.1) is 6.07 Å². The molecule has 0 aromatic carbocycles. The van der Waals surface area contributed by atoms with Gasteiger partial charge in [-0.3, -0.25) is 10.1 Å². The zero-order valence-corrected chi connectivity index (χ0v) is 12.7. The molecule has 0 amide bonds. The van der Waals surface area contributed by atoms with Crippen LogP contribution in [-0.2, 0) is 0 Å². The molecule has 2 N–H and O–H groups in total. The van der Waals surface area contributed by atoms with Crippen LogP contribution in [0.15, 0.2) is 16.0 Å². The predicted molar refractivity (Wildman–Crippen MR) is 79.7 cm³/mol. The summed E-state index contributed by atoms with van der Waals surface area (Å²) in [5, 5.41) is 13.3. The minimum absolute atomic E-state index is 0.114. The summed E-state index contributed by atoms with van der Waals surface area (Å²) in [6.45, 7) is 3.77. The van der Waals surface area contributed by atoms with E-state index in [0.29, 0.717) is 11.2 Å². The topological polar surface area (TPSA) is 81.6 Å². The monoisotopic (exact) mass is 292 g/mol. The van der Waals surface area contributed by atoms with E-state index in [2.05, 4.69) is 21.4 Å². The van der Waals surface area contributed by atoms with E-state index in [1.54, 1.807) is 0 Å². The van der Waals surface area contributed by atoms with Crippen molar-refractivity contribution in [1.82, 2.24) is 15.3 Å². The molecule has 1 aliphatic rings. The Hall–Kier alpha value is -1.32. The van der Waals surface area contributed by atoms with Gasteiger partial charge >= 0.3 is 0 Å². The lowest BCUT2D eigenvalue weighted by Gasteiger charge is -2.22. The van der Waals surface area contributed by atoms with E-state index in [1.807, 2.05) is 13.8 Å². The van der Waals surface area contributed by atoms with E-state index in [1.165, 1.54) is 30.7 Å². The maximum Gasteiger partial charge on any atom is 0.251 e. The Bertz CT molecular complexity index is 561. The van der Waals surface area contributed by atoms with Crippen molar-refractivity contribution in [2.45, 2.75) is 56.3 Å². The fourth-order valence-electron chi connectivity index (χ4n) is 2.05. The summed E-state index contributed by atoms with van der Waals surface area (Å²) in [6.07, 6.45) is 4.08. The van der Waals surface area contributed by atoms with Gasteiger partial charge in [-0.15, -0.1) is 0 Å². The summed E-state index contributed by atoms with van der Waals surface area (Å²) >= 11 is 1.53. The largest absolute Gasteiger partial charge is 0.301 e. The zero-order valence-electron chi connectivity index (χ0n) is 11.9. The van der Waals surface area contributed by atoms with E-state index < -0.39 is 5.54 Å². The third-order valence-corrected chi connectivity index (χ3v) is 4.21. The van der Waals surface area contributed by atoms with Crippen molar-refractivity contribution in [2.75, 3.05) is 5.75 Å². The Labute approximate surface area is 123 Å². The SMILES string of the molecule is Cc1cc(=O)[nH]c(SCCCC(C)(C#N)NC2CC2)n1. The lowest BCUT2D eigenvalue weighted by molar-refractivity contribution is 0.411. The van der Waals surface area contributed by atoms with Crippen molar-refractivity contribution in [3.63, 3.8) is 0 Å². The van der Waals surface area contributed by atoms with Crippen LogP contribution < -0.4 is 10.9 Å². The molecule has 0 spiro atoms. The van der Waals surface area contributed by atoms with E-state index in [-0.39, 0.29) is 5.56 Å². The van der Waals surface area contributed by atoms with Crippen molar-refractivity contribution in [3.05, 3.63) is 22.1 Å². The van der Waals surface area contributed by atoms with Crippen molar-refractivity contribution < 1.29 is 0 Å². The smallest absolute Gasteiger partial charge is 0.251 e. The number of hydrogen-bond acceptors (Lipinski definition) is 5. The Balaban J connectivity index is 1.77. The first kappa shape index (κ1) is 15.1. The fraction of sp³-hybridized carbons (Fsp3) is 0.643. The van der Waals surface area contributed by atoms with Crippen molar-refractivity contribution in [3.8, 4) is 6.07 Å². The summed E-state index contributed by atoms with van der Waals surface area (Å²) in [5.41, 5.74) is 0.181. The summed E-state index contributed by atoms with van der Waals surface area (Å²) in [5.74, 6) is 0.843. The number of aromatic nitrogens is 2. The number of nitrogens with one attached hydrogen (secondary N) is 2. The second kappa shape index (κ2) is 6.42. The molecule has 0 bridgehead atoms. The quantitative estimate of drug-likeness (QED) is 0.456. The lowest BCUT2D eigenvalue weighted by atomic mass is 9.98. The van der Waals surface area contributed by atoms with Crippen LogP contribution >= 0.6 is 11.8 Å². The molecule has 5 nitrogen and oxygen atoms in total. The number of thioether (sulfide) groups is 1. The van der Waals surface area contributed by atoms with Crippen molar-refractivity contribution in [2.24, 2.45) is 0 Å². The van der Waals surface area contributed by atoms with Crippen LogP contribution in [0.2, 0.25) is 0 Å². The number of H-pyrrole nitrogens is 1. The first-order valence-corrected chi connectivity index (χ1v) is 7.89. The molecule has 1 saturated carbocycles. The molecule has 1 atom stereocenters. The molecule has 2 rings (SSSR count). The van der Waals surface area contributed by atoms with Crippen LogP contribution in [0.25, 0.3) is 0 Å². The maximum atomic E-state index is 11.3. The molecular formula is C14H20N4OS. The highest BCUT2D eigenvalue weighted by Gasteiger charge is 2.31. The fourth-order valence-corrected chi connectivity index (χ4v) is 2.92. The van der Waals surface area contributed by atoms with E-state index in [4.69, 9.17) is 0 Å². The van der Waals surface area contributed by atoms with Gasteiger partial charge < -0.3 is 4.98 Å². The van der Waals surface area contributed by atoms with Crippen LogP contribution in [0.3, 0.4) is 0 Å².